The minimum absolute atomic E-state index is 0.0697. The Labute approximate surface area is 159 Å². The molecule has 0 radical (unpaired) electrons. The zero-order valence-electron chi connectivity index (χ0n) is 16.2. The van der Waals surface area contributed by atoms with E-state index in [1.807, 2.05) is 26.0 Å². The van der Waals surface area contributed by atoms with Crippen molar-refractivity contribution >= 4 is 17.9 Å². The lowest BCUT2D eigenvalue weighted by Crippen LogP contribution is -2.48. The number of nitrogens with one attached hydrogen (secondary N) is 2. The summed E-state index contributed by atoms with van der Waals surface area (Å²) in [5.41, 5.74) is 2.01. The second-order valence-corrected chi connectivity index (χ2v) is 7.11. The Morgan fingerprint density at radius 3 is 2.56 bits per heavy atom. The number of urea groups is 1. The fourth-order valence-corrected chi connectivity index (χ4v) is 3.18. The minimum atomic E-state index is -0.675. The second-order valence-electron chi connectivity index (χ2n) is 7.11. The molecule has 0 saturated heterocycles. The van der Waals surface area contributed by atoms with Gasteiger partial charge in [-0.2, -0.15) is 0 Å². The molecule has 1 aromatic rings. The first-order valence-corrected chi connectivity index (χ1v) is 9.31. The number of hydrogen-bond donors (Lipinski definition) is 2. The van der Waals surface area contributed by atoms with Crippen LogP contribution in [0.4, 0.5) is 4.79 Å². The molecule has 2 atom stereocenters. The van der Waals surface area contributed by atoms with Crippen LogP contribution in [0.5, 0.6) is 5.75 Å². The van der Waals surface area contributed by atoms with Gasteiger partial charge in [0.15, 0.2) is 13.2 Å². The molecule has 0 spiro atoms. The average Bonchev–Trinajstić information content (AvgIpc) is 2.61. The molecule has 1 fully saturated rings. The predicted octanol–water partition coefficient (Wildman–Crippen LogP) is 2.63. The highest BCUT2D eigenvalue weighted by Crippen LogP contribution is 2.23. The summed E-state index contributed by atoms with van der Waals surface area (Å²) in [5.74, 6) is -0.370. The summed E-state index contributed by atoms with van der Waals surface area (Å²) < 4.78 is 10.2. The molecule has 0 heterocycles. The van der Waals surface area contributed by atoms with Gasteiger partial charge in [-0.15, -0.1) is 0 Å². The van der Waals surface area contributed by atoms with Crippen molar-refractivity contribution in [3.63, 3.8) is 0 Å². The molecule has 1 aliphatic rings. The lowest BCUT2D eigenvalue weighted by atomic mass is 9.86. The molecule has 1 saturated carbocycles. The minimum Gasteiger partial charge on any atom is -0.482 e. The first kappa shape index (κ1) is 20.7. The quantitative estimate of drug-likeness (QED) is 0.745. The Hall–Kier alpha value is -2.57. The van der Waals surface area contributed by atoms with E-state index >= 15 is 0 Å². The van der Waals surface area contributed by atoms with Gasteiger partial charge in [0.05, 0.1) is 0 Å². The maximum absolute atomic E-state index is 11.9. The van der Waals surface area contributed by atoms with Crippen molar-refractivity contribution in [1.29, 1.82) is 0 Å². The Balaban J connectivity index is 1.66. The van der Waals surface area contributed by atoms with Crippen LogP contribution in [-0.2, 0) is 14.3 Å². The number of carbonyl (C=O) groups excluding carboxylic acids is 3. The van der Waals surface area contributed by atoms with Crippen LogP contribution in [0.15, 0.2) is 18.2 Å². The van der Waals surface area contributed by atoms with Gasteiger partial charge in [0, 0.05) is 6.04 Å². The molecule has 1 aliphatic carbocycles. The van der Waals surface area contributed by atoms with Gasteiger partial charge >= 0.3 is 12.0 Å². The van der Waals surface area contributed by atoms with Crippen LogP contribution in [0.25, 0.3) is 0 Å². The van der Waals surface area contributed by atoms with Crippen LogP contribution >= 0.6 is 0 Å². The molecule has 0 bridgehead atoms. The van der Waals surface area contributed by atoms with Gasteiger partial charge in [-0.1, -0.05) is 37.5 Å². The molecule has 2 N–H and O–H groups in total. The largest absolute Gasteiger partial charge is 0.482 e. The van der Waals surface area contributed by atoms with E-state index in [1.54, 1.807) is 6.07 Å². The van der Waals surface area contributed by atoms with Gasteiger partial charge in [0.25, 0.3) is 5.91 Å². The van der Waals surface area contributed by atoms with E-state index in [9.17, 15) is 14.4 Å². The molecule has 3 amide bonds. The van der Waals surface area contributed by atoms with Crippen molar-refractivity contribution in [1.82, 2.24) is 10.6 Å². The second kappa shape index (κ2) is 9.94. The predicted molar refractivity (Wildman–Crippen MR) is 100 cm³/mol. The Morgan fingerprint density at radius 1 is 1.11 bits per heavy atom. The maximum Gasteiger partial charge on any atom is 0.344 e. The summed E-state index contributed by atoms with van der Waals surface area (Å²) in [6.07, 6.45) is 4.21. The maximum atomic E-state index is 11.9. The monoisotopic (exact) mass is 376 g/mol. The molecule has 7 heteroatoms. The summed E-state index contributed by atoms with van der Waals surface area (Å²) in [7, 11) is 0. The van der Waals surface area contributed by atoms with E-state index in [-0.39, 0.29) is 12.6 Å². The molecule has 0 aliphatic heterocycles. The van der Waals surface area contributed by atoms with Gasteiger partial charge in [-0.25, -0.2) is 9.59 Å². The van der Waals surface area contributed by atoms with Crippen molar-refractivity contribution in [2.24, 2.45) is 5.92 Å². The number of rotatable bonds is 6. The van der Waals surface area contributed by atoms with E-state index in [1.165, 1.54) is 6.42 Å². The van der Waals surface area contributed by atoms with Gasteiger partial charge in [0.2, 0.25) is 0 Å². The molecule has 2 rings (SSSR count). The van der Waals surface area contributed by atoms with E-state index in [0.717, 1.165) is 30.4 Å². The third-order valence-electron chi connectivity index (χ3n) is 4.72. The number of carbonyl (C=O) groups is 3. The van der Waals surface area contributed by atoms with Crippen LogP contribution < -0.4 is 15.4 Å². The van der Waals surface area contributed by atoms with Gasteiger partial charge < -0.3 is 14.8 Å². The van der Waals surface area contributed by atoms with Gasteiger partial charge in [-0.05, 0) is 44.2 Å². The molecule has 7 nitrogen and oxygen atoms in total. The molecule has 0 aromatic heterocycles. The number of esters is 1. The van der Waals surface area contributed by atoms with Crippen LogP contribution in [0.2, 0.25) is 0 Å². The smallest absolute Gasteiger partial charge is 0.344 e. The molecule has 148 valence electrons. The summed E-state index contributed by atoms with van der Waals surface area (Å²) >= 11 is 0. The summed E-state index contributed by atoms with van der Waals surface area (Å²) in [6, 6.07) is 5.12. The SMILES string of the molecule is Cc1ccc(OCC(=O)OCC(=O)NC(=O)N[C@H]2CCCC[C@H]2C)c(C)c1. The van der Waals surface area contributed by atoms with Crippen LogP contribution in [-0.4, -0.2) is 37.2 Å². The average molecular weight is 376 g/mol. The van der Waals surface area contributed by atoms with Crippen molar-refractivity contribution < 1.29 is 23.9 Å². The third kappa shape index (κ3) is 6.92. The first-order valence-electron chi connectivity index (χ1n) is 9.31. The molecule has 1 aromatic carbocycles. The lowest BCUT2D eigenvalue weighted by molar-refractivity contribution is -0.150. The normalized spacial score (nSPS) is 19.1. The van der Waals surface area contributed by atoms with Crippen LogP contribution in [0.3, 0.4) is 0 Å². The van der Waals surface area contributed by atoms with Gasteiger partial charge in [0.1, 0.15) is 5.75 Å². The molecule has 0 unspecified atom stereocenters. The topological polar surface area (TPSA) is 93.7 Å². The summed E-state index contributed by atoms with van der Waals surface area (Å²) in [4.78, 5) is 35.4. The highest BCUT2D eigenvalue weighted by molar-refractivity contribution is 5.95. The standard InChI is InChI=1S/C20H28N2O5/c1-13-8-9-17(15(3)10-13)26-12-19(24)27-11-18(23)22-20(25)21-16-7-5-4-6-14(16)2/h8-10,14,16H,4-7,11-12H2,1-3H3,(H2,21,22,23,25)/t14-,16+/m1/s1. The Morgan fingerprint density at radius 2 is 1.85 bits per heavy atom. The van der Waals surface area contributed by atoms with Gasteiger partial charge in [-0.3, -0.25) is 10.1 Å². The summed E-state index contributed by atoms with van der Waals surface area (Å²) in [5, 5.41) is 4.99. The highest BCUT2D eigenvalue weighted by atomic mass is 16.6. The number of aryl methyl sites for hydroxylation is 2. The Kier molecular flexibility index (Phi) is 7.64. The zero-order valence-corrected chi connectivity index (χ0v) is 16.2. The van der Waals surface area contributed by atoms with Crippen molar-refractivity contribution in [3.8, 4) is 5.75 Å². The fourth-order valence-electron chi connectivity index (χ4n) is 3.18. The first-order chi connectivity index (χ1) is 12.8. The number of amides is 3. The number of imide groups is 1. The zero-order chi connectivity index (χ0) is 19.8. The van der Waals surface area contributed by atoms with Crippen LogP contribution in [0, 0.1) is 19.8 Å². The molecule has 27 heavy (non-hydrogen) atoms. The molecular weight excluding hydrogens is 348 g/mol. The van der Waals surface area contributed by atoms with Crippen LogP contribution in [0.1, 0.15) is 43.7 Å². The number of hydrogen-bond acceptors (Lipinski definition) is 5. The van der Waals surface area contributed by atoms with Crippen molar-refractivity contribution in [3.05, 3.63) is 29.3 Å². The number of benzene rings is 1. The van der Waals surface area contributed by atoms with E-state index in [4.69, 9.17) is 9.47 Å². The highest BCUT2D eigenvalue weighted by Gasteiger charge is 2.23. The fraction of sp³-hybridized carbons (Fsp3) is 0.550. The lowest BCUT2D eigenvalue weighted by Gasteiger charge is -2.29. The third-order valence-corrected chi connectivity index (χ3v) is 4.72. The molecular formula is C20H28N2O5. The van der Waals surface area contributed by atoms with Crippen molar-refractivity contribution in [2.75, 3.05) is 13.2 Å². The number of ether oxygens (including phenoxy) is 2. The van der Waals surface area contributed by atoms with E-state index < -0.39 is 24.5 Å². The summed E-state index contributed by atoms with van der Waals surface area (Å²) in [6.45, 7) is 5.11. The van der Waals surface area contributed by atoms with E-state index in [0.29, 0.717) is 11.7 Å². The Bertz CT molecular complexity index is 689. The van der Waals surface area contributed by atoms with Crippen molar-refractivity contribution in [2.45, 2.75) is 52.5 Å². The van der Waals surface area contributed by atoms with E-state index in [2.05, 4.69) is 17.6 Å².